The molecule has 2 fully saturated rings. The number of hydrogen-bond acceptors (Lipinski definition) is 9. The zero-order valence-electron chi connectivity index (χ0n) is 33.4. The highest BCUT2D eigenvalue weighted by Crippen LogP contribution is 2.28. The van der Waals surface area contributed by atoms with E-state index in [4.69, 9.17) is 9.47 Å². The number of carbonyl (C=O) groups excluding carboxylic acids is 4. The lowest BCUT2D eigenvalue weighted by Gasteiger charge is -2.38. The second kappa shape index (κ2) is 19.2. The van der Waals surface area contributed by atoms with Crippen LogP contribution in [0.25, 0.3) is 11.1 Å². The summed E-state index contributed by atoms with van der Waals surface area (Å²) in [5, 5.41) is 2.96. The van der Waals surface area contributed by atoms with Gasteiger partial charge < -0.3 is 24.6 Å². The molecule has 12 nitrogen and oxygen atoms in total. The first-order valence-electron chi connectivity index (χ1n) is 19.6. The summed E-state index contributed by atoms with van der Waals surface area (Å²) in [5.74, 6) is -0.423. The summed E-state index contributed by atoms with van der Waals surface area (Å²) in [4.78, 5) is 65.7. The Morgan fingerprint density at radius 3 is 2.24 bits per heavy atom. The van der Waals surface area contributed by atoms with Crippen molar-refractivity contribution in [3.05, 3.63) is 83.2 Å². The monoisotopic (exact) mass is 754 g/mol. The molecule has 0 saturated carbocycles. The molecule has 0 radical (unpaired) electrons. The number of nitrogens with zero attached hydrogens (tertiary/aromatic N) is 5. The van der Waals surface area contributed by atoms with Crippen LogP contribution in [0.15, 0.2) is 60.8 Å². The number of ether oxygens (including phenoxy) is 2. The number of esters is 1. The van der Waals surface area contributed by atoms with Crippen molar-refractivity contribution >= 4 is 29.6 Å². The maximum atomic E-state index is 14.2. The number of carbonyl (C=O) groups is 4. The number of anilines is 1. The minimum atomic E-state index is -0.753. The van der Waals surface area contributed by atoms with Crippen LogP contribution < -0.4 is 5.32 Å². The van der Waals surface area contributed by atoms with Crippen LogP contribution in [0, 0.1) is 12.8 Å². The van der Waals surface area contributed by atoms with Crippen LogP contribution >= 0.6 is 0 Å². The van der Waals surface area contributed by atoms with Crippen molar-refractivity contribution in [2.75, 3.05) is 70.8 Å². The highest BCUT2D eigenvalue weighted by atomic mass is 16.6. The Hall–Kier alpha value is -4.81. The summed E-state index contributed by atoms with van der Waals surface area (Å²) in [5.41, 5.74) is 4.49. The second-order valence-corrected chi connectivity index (χ2v) is 15.7. The molecule has 2 saturated heterocycles. The van der Waals surface area contributed by atoms with Crippen LogP contribution in [0.4, 0.5) is 10.5 Å². The molecule has 2 aliphatic rings. The standard InChI is InChI=1S/C43H58N6O6/c1-7-32-12-10-14-35(24-32)36-25-37(45-38(50)29-49(42(53)55-43(4,5)6)28-34-13-9-11-31(3)23-34)40(44-26-36)41(52)48-17-15-33(16-18-48)27-46-19-21-47(22-20-46)30-39(51)54-8-2/h9-14,23-26,33H,7-8,15-22,27-30H2,1-6H3,(H,45,50). The first-order chi connectivity index (χ1) is 26.3. The molecule has 2 aromatic carbocycles. The number of nitrogens with one attached hydrogen (secondary N) is 1. The highest BCUT2D eigenvalue weighted by Gasteiger charge is 2.30. The van der Waals surface area contributed by atoms with Gasteiger partial charge in [0.25, 0.3) is 5.91 Å². The summed E-state index contributed by atoms with van der Waals surface area (Å²) in [7, 11) is 0. The summed E-state index contributed by atoms with van der Waals surface area (Å²) in [6.45, 7) is 17.5. The van der Waals surface area contributed by atoms with Gasteiger partial charge in [-0.25, -0.2) is 9.78 Å². The van der Waals surface area contributed by atoms with Crippen LogP contribution in [0.2, 0.25) is 0 Å². The number of amides is 3. The fourth-order valence-electron chi connectivity index (χ4n) is 7.12. The molecule has 0 bridgehead atoms. The van der Waals surface area contributed by atoms with Crippen molar-refractivity contribution < 1.29 is 28.7 Å². The predicted molar refractivity (Wildman–Crippen MR) is 214 cm³/mol. The van der Waals surface area contributed by atoms with E-state index in [2.05, 4.69) is 39.2 Å². The number of piperazine rings is 1. The Morgan fingerprint density at radius 2 is 1.56 bits per heavy atom. The number of hydrogen-bond donors (Lipinski definition) is 1. The van der Waals surface area contributed by atoms with Gasteiger partial charge in [-0.3, -0.25) is 24.2 Å². The fraction of sp³-hybridized carbons (Fsp3) is 0.512. The van der Waals surface area contributed by atoms with E-state index in [-0.39, 0.29) is 30.7 Å². The Balaban J connectivity index is 1.29. The zero-order chi connectivity index (χ0) is 39.5. The van der Waals surface area contributed by atoms with E-state index < -0.39 is 17.6 Å². The minimum absolute atomic E-state index is 0.169. The molecule has 3 aromatic rings. The number of pyridine rings is 1. The lowest BCUT2D eigenvalue weighted by Crippen LogP contribution is -2.50. The number of likely N-dealkylation sites (tertiary alicyclic amines) is 1. The molecule has 1 aromatic heterocycles. The van der Waals surface area contributed by atoms with Gasteiger partial charge in [-0.2, -0.15) is 0 Å². The second-order valence-electron chi connectivity index (χ2n) is 15.7. The molecular weight excluding hydrogens is 697 g/mol. The average Bonchev–Trinajstić information content (AvgIpc) is 3.15. The molecule has 296 valence electrons. The molecule has 0 unspecified atom stereocenters. The molecule has 55 heavy (non-hydrogen) atoms. The quantitative estimate of drug-likeness (QED) is 0.209. The maximum Gasteiger partial charge on any atom is 0.411 e. The smallest absolute Gasteiger partial charge is 0.411 e. The number of aryl methyl sites for hydroxylation is 2. The third-order valence-electron chi connectivity index (χ3n) is 10.0. The number of benzene rings is 2. The Bertz CT molecular complexity index is 1790. The van der Waals surface area contributed by atoms with E-state index >= 15 is 0 Å². The van der Waals surface area contributed by atoms with Gasteiger partial charge in [-0.15, -0.1) is 0 Å². The fourth-order valence-corrected chi connectivity index (χ4v) is 7.12. The lowest BCUT2D eigenvalue weighted by atomic mass is 9.95. The Kier molecular flexibility index (Phi) is 14.4. The van der Waals surface area contributed by atoms with Gasteiger partial charge in [0.05, 0.1) is 18.8 Å². The van der Waals surface area contributed by atoms with Gasteiger partial charge in [0.1, 0.15) is 12.1 Å². The van der Waals surface area contributed by atoms with Gasteiger partial charge >= 0.3 is 12.1 Å². The highest BCUT2D eigenvalue weighted by molar-refractivity contribution is 6.03. The van der Waals surface area contributed by atoms with Crippen LogP contribution in [0.1, 0.15) is 74.6 Å². The number of rotatable bonds is 13. The summed E-state index contributed by atoms with van der Waals surface area (Å²) < 4.78 is 10.8. The number of aromatic nitrogens is 1. The van der Waals surface area contributed by atoms with Crippen molar-refractivity contribution in [2.45, 2.75) is 73.0 Å². The largest absolute Gasteiger partial charge is 0.465 e. The van der Waals surface area contributed by atoms with Crippen LogP contribution in [-0.4, -0.2) is 120 Å². The molecule has 3 amide bonds. The third-order valence-corrected chi connectivity index (χ3v) is 10.0. The topological polar surface area (TPSA) is 125 Å². The molecule has 0 atom stereocenters. The number of piperidine rings is 1. The van der Waals surface area contributed by atoms with Crippen LogP contribution in [0.5, 0.6) is 0 Å². The Morgan fingerprint density at radius 1 is 0.873 bits per heavy atom. The van der Waals surface area contributed by atoms with E-state index in [1.807, 2.05) is 55.1 Å². The van der Waals surface area contributed by atoms with E-state index in [1.54, 1.807) is 33.0 Å². The lowest BCUT2D eigenvalue weighted by molar-refractivity contribution is -0.144. The van der Waals surface area contributed by atoms with E-state index in [1.165, 1.54) is 4.90 Å². The van der Waals surface area contributed by atoms with E-state index in [9.17, 15) is 19.2 Å². The Labute approximate surface area is 326 Å². The van der Waals surface area contributed by atoms with Crippen LogP contribution in [-0.2, 0) is 32.0 Å². The van der Waals surface area contributed by atoms with Gasteiger partial charge in [0.2, 0.25) is 5.91 Å². The van der Waals surface area contributed by atoms with E-state index in [0.717, 1.165) is 79.8 Å². The molecule has 12 heteroatoms. The van der Waals surface area contributed by atoms with Crippen molar-refractivity contribution in [3.8, 4) is 11.1 Å². The minimum Gasteiger partial charge on any atom is -0.465 e. The third kappa shape index (κ3) is 12.3. The summed E-state index contributed by atoms with van der Waals surface area (Å²) >= 11 is 0. The van der Waals surface area contributed by atoms with Crippen LogP contribution in [0.3, 0.4) is 0 Å². The van der Waals surface area contributed by atoms with Crippen molar-refractivity contribution in [3.63, 3.8) is 0 Å². The molecule has 1 N–H and O–H groups in total. The molecule has 2 aliphatic heterocycles. The van der Waals surface area contributed by atoms with Crippen molar-refractivity contribution in [2.24, 2.45) is 5.92 Å². The van der Waals surface area contributed by atoms with Crippen molar-refractivity contribution in [1.82, 2.24) is 24.6 Å². The molecule has 0 aliphatic carbocycles. The normalized spacial score (nSPS) is 15.7. The van der Waals surface area contributed by atoms with Gasteiger partial charge in [0, 0.05) is 64.1 Å². The van der Waals surface area contributed by atoms with Gasteiger partial charge in [-0.1, -0.05) is 61.0 Å². The van der Waals surface area contributed by atoms with Gasteiger partial charge in [-0.05, 0) is 82.6 Å². The molecular formula is C43H58N6O6. The van der Waals surface area contributed by atoms with Crippen molar-refractivity contribution in [1.29, 1.82) is 0 Å². The first kappa shape index (κ1) is 41.4. The first-order valence-corrected chi connectivity index (χ1v) is 19.6. The SMILES string of the molecule is CCOC(=O)CN1CCN(CC2CCN(C(=O)c3ncc(-c4cccc(CC)c4)cc3NC(=O)CN(Cc3cccc(C)c3)C(=O)OC(C)(C)C)CC2)CC1. The molecule has 5 rings (SSSR count). The average molecular weight is 755 g/mol. The summed E-state index contributed by atoms with van der Waals surface area (Å²) in [6, 6.07) is 17.7. The van der Waals surface area contributed by atoms with Gasteiger partial charge in [0.15, 0.2) is 5.69 Å². The zero-order valence-corrected chi connectivity index (χ0v) is 33.4. The maximum absolute atomic E-state index is 14.2. The molecule has 0 spiro atoms. The molecule has 3 heterocycles. The summed E-state index contributed by atoms with van der Waals surface area (Å²) in [6.07, 6.45) is 3.68. The predicted octanol–water partition coefficient (Wildman–Crippen LogP) is 6.03. The van der Waals surface area contributed by atoms with E-state index in [0.29, 0.717) is 37.8 Å².